The molecule has 6 aliphatic carbocycles. The third-order valence-corrected chi connectivity index (χ3v) is 9.76. The van der Waals surface area contributed by atoms with Gasteiger partial charge in [0.05, 0.1) is 6.10 Å². The molecule has 1 N–H and O–H groups in total. The largest absolute Gasteiger partial charge is 0.393 e. The summed E-state index contributed by atoms with van der Waals surface area (Å²) in [6.07, 6.45) is 9.44. The molecule has 1 nitrogen and oxygen atoms in total. The van der Waals surface area contributed by atoms with Crippen LogP contribution in [0.2, 0.25) is 0 Å². The van der Waals surface area contributed by atoms with Gasteiger partial charge in [0.25, 0.3) is 0 Å². The molecule has 8 atom stereocenters. The summed E-state index contributed by atoms with van der Waals surface area (Å²) in [5.74, 6) is 3.54. The van der Waals surface area contributed by atoms with Crippen LogP contribution in [-0.2, 0) is 0 Å². The van der Waals surface area contributed by atoms with Crippen molar-refractivity contribution in [2.75, 3.05) is 0 Å². The molecule has 0 amide bonds. The van der Waals surface area contributed by atoms with Gasteiger partial charge in [-0.25, -0.2) is 0 Å². The molecule has 0 unspecified atom stereocenters. The van der Waals surface area contributed by atoms with E-state index in [9.17, 15) is 5.11 Å². The van der Waals surface area contributed by atoms with Crippen LogP contribution in [0.5, 0.6) is 0 Å². The number of hydrogen-bond donors (Lipinski definition) is 1. The average Bonchev–Trinajstić information content (AvgIpc) is 2.84. The van der Waals surface area contributed by atoms with E-state index in [2.05, 4.69) is 27.7 Å². The highest BCUT2D eigenvalue weighted by atomic mass is 16.3. The summed E-state index contributed by atoms with van der Waals surface area (Å²) in [5, 5.41) is 11.2. The molecule has 118 valence electrons. The molecule has 0 radical (unpaired) electrons. The zero-order valence-corrected chi connectivity index (χ0v) is 14.3. The van der Waals surface area contributed by atoms with Gasteiger partial charge in [-0.15, -0.1) is 0 Å². The van der Waals surface area contributed by atoms with Gasteiger partial charge in [0.1, 0.15) is 0 Å². The zero-order valence-electron chi connectivity index (χ0n) is 14.3. The number of aliphatic hydroxyl groups is 1. The maximum Gasteiger partial charge on any atom is 0.0602 e. The SMILES string of the molecule is CC1(C)CCC[C@]2(C)[C@@H]1C[C@H](O)[C@@]13C[C@H]4[C@@H](C[C@@H]21)[C@@]4(C)C3. The first-order valence-electron chi connectivity index (χ1n) is 9.42. The minimum absolute atomic E-state index is 0.0106. The number of fused-ring (bicyclic) bond motifs is 1. The maximum atomic E-state index is 11.2. The van der Waals surface area contributed by atoms with Crippen molar-refractivity contribution in [1.29, 1.82) is 0 Å². The van der Waals surface area contributed by atoms with Crippen LogP contribution in [0.3, 0.4) is 0 Å². The first kappa shape index (κ1) is 13.4. The van der Waals surface area contributed by atoms with E-state index >= 15 is 0 Å². The molecule has 6 rings (SSSR count). The van der Waals surface area contributed by atoms with Crippen LogP contribution >= 0.6 is 0 Å². The summed E-state index contributed by atoms with van der Waals surface area (Å²) >= 11 is 0. The highest BCUT2D eigenvalue weighted by Gasteiger charge is 2.80. The summed E-state index contributed by atoms with van der Waals surface area (Å²) < 4.78 is 0. The van der Waals surface area contributed by atoms with Crippen molar-refractivity contribution in [1.82, 2.24) is 0 Å². The van der Waals surface area contributed by atoms with Gasteiger partial charge < -0.3 is 5.11 Å². The van der Waals surface area contributed by atoms with Gasteiger partial charge in [0.15, 0.2) is 0 Å². The first-order chi connectivity index (χ1) is 9.74. The molecule has 0 aromatic heterocycles. The molecule has 0 saturated heterocycles. The van der Waals surface area contributed by atoms with Crippen LogP contribution in [-0.4, -0.2) is 11.2 Å². The lowest BCUT2D eigenvalue weighted by molar-refractivity contribution is -0.211. The van der Waals surface area contributed by atoms with Crippen molar-refractivity contribution >= 4 is 0 Å². The molecule has 0 aliphatic heterocycles. The Bertz CT molecular complexity index is 510. The van der Waals surface area contributed by atoms with Gasteiger partial charge in [-0.2, -0.15) is 0 Å². The summed E-state index contributed by atoms with van der Waals surface area (Å²) in [6.45, 7) is 10.1. The normalized spacial score (nSPS) is 66.4. The van der Waals surface area contributed by atoms with Crippen molar-refractivity contribution in [2.24, 2.45) is 45.3 Å². The Labute approximate surface area is 129 Å². The van der Waals surface area contributed by atoms with Crippen LogP contribution in [0.1, 0.15) is 72.6 Å². The molecule has 1 spiro atoms. The summed E-state index contributed by atoms with van der Waals surface area (Å²) in [4.78, 5) is 0. The van der Waals surface area contributed by atoms with Crippen molar-refractivity contribution in [3.8, 4) is 0 Å². The molecular weight excluding hydrogens is 256 g/mol. The molecule has 0 aromatic rings. The zero-order chi connectivity index (χ0) is 14.8. The second kappa shape index (κ2) is 3.40. The second-order valence-electron chi connectivity index (χ2n) is 10.8. The smallest absolute Gasteiger partial charge is 0.0602 e. The van der Waals surface area contributed by atoms with E-state index < -0.39 is 0 Å². The van der Waals surface area contributed by atoms with E-state index in [0.29, 0.717) is 21.7 Å². The van der Waals surface area contributed by atoms with Gasteiger partial charge in [0.2, 0.25) is 0 Å². The van der Waals surface area contributed by atoms with Crippen molar-refractivity contribution in [3.63, 3.8) is 0 Å². The molecule has 6 fully saturated rings. The lowest BCUT2D eigenvalue weighted by Crippen LogP contribution is -2.62. The van der Waals surface area contributed by atoms with Crippen LogP contribution in [0, 0.1) is 45.3 Å². The Kier molecular flexibility index (Phi) is 2.17. The lowest BCUT2D eigenvalue weighted by atomic mass is 9.39. The predicted octanol–water partition coefficient (Wildman–Crippen LogP) is 4.64. The van der Waals surface area contributed by atoms with E-state index in [-0.39, 0.29) is 6.10 Å². The fourth-order valence-corrected chi connectivity index (χ4v) is 8.82. The van der Waals surface area contributed by atoms with Crippen molar-refractivity contribution < 1.29 is 5.11 Å². The van der Waals surface area contributed by atoms with Crippen LogP contribution in [0.25, 0.3) is 0 Å². The van der Waals surface area contributed by atoms with Gasteiger partial charge in [-0.3, -0.25) is 0 Å². The van der Waals surface area contributed by atoms with Crippen LogP contribution < -0.4 is 0 Å². The minimum Gasteiger partial charge on any atom is -0.393 e. The van der Waals surface area contributed by atoms with Crippen LogP contribution in [0.15, 0.2) is 0 Å². The Morgan fingerprint density at radius 3 is 2.29 bits per heavy atom. The second-order valence-corrected chi connectivity index (χ2v) is 10.8. The quantitative estimate of drug-likeness (QED) is 0.688. The summed E-state index contributed by atoms with van der Waals surface area (Å²) in [7, 11) is 0. The molecular formula is C20H32O. The number of rotatable bonds is 0. The molecule has 0 heterocycles. The number of hydrogen-bond acceptors (Lipinski definition) is 1. The Morgan fingerprint density at radius 2 is 1.62 bits per heavy atom. The topological polar surface area (TPSA) is 20.2 Å². The highest BCUT2D eigenvalue weighted by molar-refractivity contribution is 5.28. The van der Waals surface area contributed by atoms with Crippen molar-refractivity contribution in [3.05, 3.63) is 0 Å². The number of aliphatic hydroxyl groups excluding tert-OH is 1. The van der Waals surface area contributed by atoms with E-state index in [0.717, 1.165) is 30.1 Å². The average molecular weight is 288 g/mol. The van der Waals surface area contributed by atoms with E-state index in [4.69, 9.17) is 0 Å². The van der Waals surface area contributed by atoms with E-state index in [1.807, 2.05) is 0 Å². The molecule has 0 aromatic carbocycles. The van der Waals surface area contributed by atoms with Gasteiger partial charge in [-0.05, 0) is 78.4 Å². The Morgan fingerprint density at radius 1 is 0.857 bits per heavy atom. The third kappa shape index (κ3) is 1.28. The summed E-state index contributed by atoms with van der Waals surface area (Å²) in [6, 6.07) is 0. The molecule has 21 heavy (non-hydrogen) atoms. The lowest BCUT2D eigenvalue weighted by Gasteiger charge is -2.66. The predicted molar refractivity (Wildman–Crippen MR) is 84.7 cm³/mol. The molecule has 1 heteroatoms. The third-order valence-electron chi connectivity index (χ3n) is 9.76. The fraction of sp³-hybridized carbons (Fsp3) is 1.00. The molecule has 6 aliphatic rings. The Balaban J connectivity index is 1.60. The van der Waals surface area contributed by atoms with Gasteiger partial charge in [0, 0.05) is 5.41 Å². The molecule has 4 bridgehead atoms. The Hall–Kier alpha value is -0.0400. The monoisotopic (exact) mass is 288 g/mol. The highest BCUT2D eigenvalue weighted by Crippen LogP contribution is 2.85. The van der Waals surface area contributed by atoms with E-state index in [1.54, 1.807) is 0 Å². The first-order valence-corrected chi connectivity index (χ1v) is 9.42. The summed E-state index contributed by atoms with van der Waals surface area (Å²) in [5.41, 5.74) is 1.89. The van der Waals surface area contributed by atoms with Crippen LogP contribution in [0.4, 0.5) is 0 Å². The standard InChI is InChI=1S/C20H32O/c1-17(2)6-5-7-18(3)14(17)9-16(21)20-10-13-12(8-15(18)20)19(13,4)11-20/h12-16,21H,5-11H2,1-4H3/t12-,13+,14-,15+,16+,18-,19-,20-/m1/s1. The van der Waals surface area contributed by atoms with Gasteiger partial charge in [-0.1, -0.05) is 34.1 Å². The van der Waals surface area contributed by atoms with Gasteiger partial charge >= 0.3 is 0 Å². The molecule has 6 saturated carbocycles. The van der Waals surface area contributed by atoms with E-state index in [1.165, 1.54) is 38.5 Å². The minimum atomic E-state index is -0.0106. The van der Waals surface area contributed by atoms with Crippen molar-refractivity contribution in [2.45, 2.75) is 78.7 Å². The fourth-order valence-electron chi connectivity index (χ4n) is 8.82. The maximum absolute atomic E-state index is 11.2.